The number of nitrogens with two attached hydrogens (primary N) is 2. The third-order valence-electron chi connectivity index (χ3n) is 3.20. The molecule has 1 aromatic heterocycles. The van der Waals surface area contributed by atoms with Crippen LogP contribution >= 0.6 is 0 Å². The van der Waals surface area contributed by atoms with Gasteiger partial charge in [0, 0.05) is 31.0 Å². The summed E-state index contributed by atoms with van der Waals surface area (Å²) in [5.74, 6) is 4.78. The number of hydrogen-bond donors (Lipinski definition) is 2. The lowest BCUT2D eigenvalue weighted by atomic mass is 10.1. The third kappa shape index (κ3) is 3.13. The van der Waals surface area contributed by atoms with Crippen LogP contribution in [-0.2, 0) is 4.79 Å². The molecule has 1 atom stereocenters. The molecule has 4 N–H and O–H groups in total. The summed E-state index contributed by atoms with van der Waals surface area (Å²) in [5.41, 5.74) is 11.7. The first-order valence-electron chi connectivity index (χ1n) is 6.34. The molecular weight excluding hydrogens is 256 g/mol. The van der Waals surface area contributed by atoms with Crippen molar-refractivity contribution >= 4 is 11.8 Å². The quantitative estimate of drug-likeness (QED) is 0.697. The Morgan fingerprint density at radius 2 is 2.25 bits per heavy atom. The number of carbonyl (C=O) groups excluding carboxylic acids is 2. The number of primary amides is 1. The zero-order valence-corrected chi connectivity index (χ0v) is 11.0. The van der Waals surface area contributed by atoms with E-state index in [2.05, 4.69) is 16.8 Å². The summed E-state index contributed by atoms with van der Waals surface area (Å²) in [6.07, 6.45) is 3.68. The third-order valence-corrected chi connectivity index (χ3v) is 3.20. The molecule has 1 aliphatic heterocycles. The van der Waals surface area contributed by atoms with Gasteiger partial charge in [0.15, 0.2) is 0 Å². The predicted octanol–water partition coefficient (Wildman–Crippen LogP) is -0.661. The van der Waals surface area contributed by atoms with E-state index in [1.807, 2.05) is 0 Å². The lowest BCUT2D eigenvalue weighted by Gasteiger charge is -2.15. The Labute approximate surface area is 117 Å². The largest absolute Gasteiger partial charge is 0.369 e. The molecule has 0 saturated carbocycles. The zero-order chi connectivity index (χ0) is 14.5. The van der Waals surface area contributed by atoms with Gasteiger partial charge in [-0.25, -0.2) is 0 Å². The lowest BCUT2D eigenvalue weighted by Crippen LogP contribution is -2.31. The van der Waals surface area contributed by atoms with Crippen molar-refractivity contribution in [1.29, 1.82) is 0 Å². The van der Waals surface area contributed by atoms with Gasteiger partial charge in [0.25, 0.3) is 5.91 Å². The van der Waals surface area contributed by atoms with Gasteiger partial charge in [-0.1, -0.05) is 11.8 Å². The van der Waals surface area contributed by atoms with Crippen LogP contribution < -0.4 is 11.5 Å². The fraction of sp³-hybridized carbons (Fsp3) is 0.357. The molecule has 0 aliphatic carbocycles. The summed E-state index contributed by atoms with van der Waals surface area (Å²) < 4.78 is 0. The van der Waals surface area contributed by atoms with Crippen molar-refractivity contribution in [2.45, 2.75) is 6.42 Å². The monoisotopic (exact) mass is 272 g/mol. The lowest BCUT2D eigenvalue weighted by molar-refractivity contribution is -0.121. The second-order valence-electron chi connectivity index (χ2n) is 4.61. The average molecular weight is 272 g/mol. The highest BCUT2D eigenvalue weighted by Gasteiger charge is 2.30. The van der Waals surface area contributed by atoms with Crippen molar-refractivity contribution < 1.29 is 9.59 Å². The molecule has 20 heavy (non-hydrogen) atoms. The molecule has 0 bridgehead atoms. The summed E-state index contributed by atoms with van der Waals surface area (Å²) in [6.45, 7) is 1.16. The van der Waals surface area contributed by atoms with E-state index in [1.54, 1.807) is 17.2 Å². The molecule has 0 radical (unpaired) electrons. The Hall–Kier alpha value is -2.39. The van der Waals surface area contributed by atoms with Crippen LogP contribution in [0.4, 0.5) is 0 Å². The Kier molecular flexibility index (Phi) is 4.33. The fourth-order valence-electron chi connectivity index (χ4n) is 2.14. The molecule has 2 heterocycles. The minimum atomic E-state index is -0.360. The van der Waals surface area contributed by atoms with Crippen LogP contribution in [0, 0.1) is 17.8 Å². The number of pyridine rings is 1. The van der Waals surface area contributed by atoms with Crippen molar-refractivity contribution in [3.05, 3.63) is 29.6 Å². The molecule has 1 fully saturated rings. The number of hydrogen-bond acceptors (Lipinski definition) is 4. The SMILES string of the molecule is NCC#Cc1cncc(C(=O)N2CCC(C(N)=O)C2)c1. The van der Waals surface area contributed by atoms with Crippen LogP contribution in [0.25, 0.3) is 0 Å². The van der Waals surface area contributed by atoms with E-state index >= 15 is 0 Å². The molecule has 2 rings (SSSR count). The van der Waals surface area contributed by atoms with E-state index in [4.69, 9.17) is 11.5 Å². The Morgan fingerprint density at radius 3 is 2.90 bits per heavy atom. The number of rotatable bonds is 2. The summed E-state index contributed by atoms with van der Waals surface area (Å²) in [6, 6.07) is 1.68. The van der Waals surface area contributed by atoms with Crippen LogP contribution in [-0.4, -0.2) is 41.3 Å². The summed E-state index contributed by atoms with van der Waals surface area (Å²) in [4.78, 5) is 29.0. The summed E-state index contributed by atoms with van der Waals surface area (Å²) >= 11 is 0. The summed E-state index contributed by atoms with van der Waals surface area (Å²) in [7, 11) is 0. The molecular formula is C14H16N4O2. The maximum Gasteiger partial charge on any atom is 0.255 e. The average Bonchev–Trinajstić information content (AvgIpc) is 2.94. The van der Waals surface area contributed by atoms with Gasteiger partial charge < -0.3 is 16.4 Å². The van der Waals surface area contributed by atoms with E-state index in [0.717, 1.165) is 0 Å². The minimum absolute atomic E-state index is 0.155. The standard InChI is InChI=1S/C14H16N4O2/c15-4-1-2-10-6-12(8-17-7-10)14(20)18-5-3-11(9-18)13(16)19/h6-8,11H,3-5,9,15H2,(H2,16,19). The highest BCUT2D eigenvalue weighted by Crippen LogP contribution is 2.18. The Bertz CT molecular complexity index is 588. The number of amides is 2. The second-order valence-corrected chi connectivity index (χ2v) is 4.61. The fourth-order valence-corrected chi connectivity index (χ4v) is 2.14. The van der Waals surface area contributed by atoms with Gasteiger partial charge in [-0.05, 0) is 12.5 Å². The van der Waals surface area contributed by atoms with Crippen molar-refractivity contribution in [2.75, 3.05) is 19.6 Å². The van der Waals surface area contributed by atoms with E-state index < -0.39 is 0 Å². The number of aromatic nitrogens is 1. The number of nitrogens with zero attached hydrogens (tertiary/aromatic N) is 2. The van der Waals surface area contributed by atoms with E-state index in [9.17, 15) is 9.59 Å². The normalized spacial score (nSPS) is 17.4. The predicted molar refractivity (Wildman–Crippen MR) is 73.4 cm³/mol. The first-order valence-corrected chi connectivity index (χ1v) is 6.34. The van der Waals surface area contributed by atoms with E-state index in [-0.39, 0.29) is 24.3 Å². The molecule has 1 unspecified atom stereocenters. The first-order chi connectivity index (χ1) is 9.61. The van der Waals surface area contributed by atoms with Crippen LogP contribution in [0.1, 0.15) is 22.3 Å². The van der Waals surface area contributed by atoms with Crippen LogP contribution in [0.3, 0.4) is 0 Å². The summed E-state index contributed by atoms with van der Waals surface area (Å²) in [5, 5.41) is 0. The maximum absolute atomic E-state index is 12.3. The van der Waals surface area contributed by atoms with Gasteiger partial charge >= 0.3 is 0 Å². The highest BCUT2D eigenvalue weighted by molar-refractivity contribution is 5.95. The van der Waals surface area contributed by atoms with Gasteiger partial charge in [0.05, 0.1) is 18.0 Å². The van der Waals surface area contributed by atoms with Crippen molar-refractivity contribution in [1.82, 2.24) is 9.88 Å². The minimum Gasteiger partial charge on any atom is -0.369 e. The van der Waals surface area contributed by atoms with Gasteiger partial charge in [-0.2, -0.15) is 0 Å². The smallest absolute Gasteiger partial charge is 0.255 e. The van der Waals surface area contributed by atoms with Gasteiger partial charge in [-0.3, -0.25) is 14.6 Å². The number of carbonyl (C=O) groups is 2. The van der Waals surface area contributed by atoms with Crippen molar-refractivity contribution in [2.24, 2.45) is 17.4 Å². The molecule has 0 spiro atoms. The molecule has 0 aromatic carbocycles. The van der Waals surface area contributed by atoms with Gasteiger partial charge in [0.2, 0.25) is 5.91 Å². The molecule has 1 aliphatic rings. The number of likely N-dealkylation sites (tertiary alicyclic amines) is 1. The zero-order valence-electron chi connectivity index (χ0n) is 11.0. The molecule has 2 amide bonds. The molecule has 104 valence electrons. The molecule has 6 nitrogen and oxygen atoms in total. The Morgan fingerprint density at radius 1 is 1.45 bits per heavy atom. The highest BCUT2D eigenvalue weighted by atomic mass is 16.2. The van der Waals surface area contributed by atoms with E-state index in [0.29, 0.717) is 30.6 Å². The van der Waals surface area contributed by atoms with Gasteiger partial charge in [-0.15, -0.1) is 0 Å². The Balaban J connectivity index is 2.12. The first kappa shape index (κ1) is 14.0. The van der Waals surface area contributed by atoms with E-state index in [1.165, 1.54) is 6.20 Å². The topological polar surface area (TPSA) is 102 Å². The second kappa shape index (κ2) is 6.17. The van der Waals surface area contributed by atoms with Gasteiger partial charge in [0.1, 0.15) is 0 Å². The van der Waals surface area contributed by atoms with Crippen molar-refractivity contribution in [3.8, 4) is 11.8 Å². The van der Waals surface area contributed by atoms with Crippen molar-refractivity contribution in [3.63, 3.8) is 0 Å². The molecule has 1 aromatic rings. The molecule has 6 heteroatoms. The van der Waals surface area contributed by atoms with Crippen LogP contribution in [0.5, 0.6) is 0 Å². The van der Waals surface area contributed by atoms with Crippen LogP contribution in [0.15, 0.2) is 18.5 Å². The molecule has 1 saturated heterocycles. The van der Waals surface area contributed by atoms with Crippen LogP contribution in [0.2, 0.25) is 0 Å². The maximum atomic E-state index is 12.3.